The predicted molar refractivity (Wildman–Crippen MR) is 83.6 cm³/mol. The Morgan fingerprint density at radius 3 is 2.55 bits per heavy atom. The van der Waals surface area contributed by atoms with Gasteiger partial charge in [0, 0.05) is 48.6 Å². The van der Waals surface area contributed by atoms with Crippen molar-refractivity contribution in [2.75, 3.05) is 42.3 Å². The maximum atomic E-state index is 11.0. The number of nitrogens with zero attached hydrogens (tertiary/aromatic N) is 2. The molecule has 1 aromatic heterocycles. The number of rotatable bonds is 10. The van der Waals surface area contributed by atoms with E-state index >= 15 is 0 Å². The monoisotopic (exact) mass is 300 g/mol. The Balaban J connectivity index is 2.62. The van der Waals surface area contributed by atoms with Gasteiger partial charge in [0.25, 0.3) is 0 Å². The van der Waals surface area contributed by atoms with Gasteiger partial charge in [0.2, 0.25) is 0 Å². The number of hydrogen-bond donors (Lipinski definition) is 2. The summed E-state index contributed by atoms with van der Waals surface area (Å²) < 4.78 is 16.3. The Morgan fingerprint density at radius 1 is 1.25 bits per heavy atom. The summed E-state index contributed by atoms with van der Waals surface area (Å²) >= 11 is 0. The van der Waals surface area contributed by atoms with Crippen molar-refractivity contribution in [2.45, 2.75) is 26.9 Å². The summed E-state index contributed by atoms with van der Waals surface area (Å²) in [5, 5.41) is 6.41. The lowest BCUT2D eigenvalue weighted by Gasteiger charge is -2.10. The van der Waals surface area contributed by atoms with Crippen LogP contribution in [-0.2, 0) is 22.1 Å². The van der Waals surface area contributed by atoms with E-state index in [4.69, 9.17) is 4.74 Å². The smallest absolute Gasteiger partial charge is 0.158 e. The molecule has 0 fully saturated rings. The fraction of sp³-hybridized carbons (Fsp3) is 0.692. The molecule has 114 valence electrons. The van der Waals surface area contributed by atoms with Crippen molar-refractivity contribution >= 4 is 22.4 Å². The van der Waals surface area contributed by atoms with Crippen LogP contribution in [0.4, 0.5) is 11.6 Å². The van der Waals surface area contributed by atoms with E-state index in [1.165, 1.54) is 0 Å². The number of nitrogens with one attached hydrogen (secondary N) is 2. The molecule has 0 aliphatic rings. The third kappa shape index (κ3) is 6.81. The van der Waals surface area contributed by atoms with Crippen LogP contribution in [0.2, 0.25) is 0 Å². The highest BCUT2D eigenvalue weighted by molar-refractivity contribution is 7.84. The van der Waals surface area contributed by atoms with Crippen molar-refractivity contribution in [3.05, 3.63) is 11.9 Å². The average molecular weight is 300 g/mol. The summed E-state index contributed by atoms with van der Waals surface area (Å²) in [6, 6.07) is 1.88. The first-order valence-electron chi connectivity index (χ1n) is 6.89. The standard InChI is InChI=1S/C13H24N4O2S/c1-4-14-11-9-12(15-7-6-8-20(3)18)17-13(16-11)10-19-5-2/h9H,4-8,10H2,1-3H3,(H2,14,15,16,17). The highest BCUT2D eigenvalue weighted by atomic mass is 32.2. The average Bonchev–Trinajstić information content (AvgIpc) is 2.41. The van der Waals surface area contributed by atoms with Gasteiger partial charge in [0.05, 0.1) is 0 Å². The zero-order valence-electron chi connectivity index (χ0n) is 12.4. The van der Waals surface area contributed by atoms with Gasteiger partial charge in [-0.2, -0.15) is 0 Å². The molecule has 0 saturated carbocycles. The zero-order chi connectivity index (χ0) is 14.8. The maximum absolute atomic E-state index is 11.0. The summed E-state index contributed by atoms with van der Waals surface area (Å²) in [7, 11) is -0.745. The molecule has 1 atom stereocenters. The first-order chi connectivity index (χ1) is 9.65. The maximum Gasteiger partial charge on any atom is 0.158 e. The Bertz CT molecular complexity index is 429. The highest BCUT2D eigenvalue weighted by Gasteiger charge is 2.04. The Hall–Kier alpha value is -1.21. The zero-order valence-corrected chi connectivity index (χ0v) is 13.3. The minimum Gasteiger partial charge on any atom is -0.374 e. The van der Waals surface area contributed by atoms with Crippen molar-refractivity contribution in [2.24, 2.45) is 0 Å². The lowest BCUT2D eigenvalue weighted by Crippen LogP contribution is -2.11. The Morgan fingerprint density at radius 2 is 1.95 bits per heavy atom. The summed E-state index contributed by atoms with van der Waals surface area (Å²) in [5.41, 5.74) is 0. The summed E-state index contributed by atoms with van der Waals surface area (Å²) in [4.78, 5) is 8.79. The molecule has 20 heavy (non-hydrogen) atoms. The number of ether oxygens (including phenoxy) is 1. The van der Waals surface area contributed by atoms with Crippen molar-refractivity contribution in [3.8, 4) is 0 Å². The fourth-order valence-electron chi connectivity index (χ4n) is 1.61. The van der Waals surface area contributed by atoms with Crippen LogP contribution in [0.5, 0.6) is 0 Å². The summed E-state index contributed by atoms with van der Waals surface area (Å²) in [6.07, 6.45) is 2.57. The largest absolute Gasteiger partial charge is 0.374 e. The normalized spacial score (nSPS) is 12.2. The Labute approximate surface area is 123 Å². The molecule has 0 saturated heterocycles. The van der Waals surface area contributed by atoms with Crippen molar-refractivity contribution in [1.29, 1.82) is 0 Å². The van der Waals surface area contributed by atoms with Crippen molar-refractivity contribution in [3.63, 3.8) is 0 Å². The number of hydrogen-bond acceptors (Lipinski definition) is 6. The molecule has 0 amide bonds. The lowest BCUT2D eigenvalue weighted by atomic mass is 10.4. The topological polar surface area (TPSA) is 76.1 Å². The molecule has 1 heterocycles. The van der Waals surface area contributed by atoms with E-state index in [9.17, 15) is 4.21 Å². The number of anilines is 2. The van der Waals surface area contributed by atoms with E-state index < -0.39 is 10.8 Å². The van der Waals surface area contributed by atoms with Gasteiger partial charge in [-0.3, -0.25) is 4.21 Å². The van der Waals surface area contributed by atoms with Crippen LogP contribution < -0.4 is 10.6 Å². The molecule has 0 aliphatic carbocycles. The molecule has 0 radical (unpaired) electrons. The molecule has 0 aliphatic heterocycles. The lowest BCUT2D eigenvalue weighted by molar-refractivity contribution is 0.128. The van der Waals surface area contributed by atoms with Crippen molar-refractivity contribution < 1.29 is 8.95 Å². The molecule has 2 N–H and O–H groups in total. The summed E-state index contributed by atoms with van der Waals surface area (Å²) in [5.74, 6) is 2.92. The van der Waals surface area contributed by atoms with E-state index in [1.54, 1.807) is 6.26 Å². The number of aromatic nitrogens is 2. The van der Waals surface area contributed by atoms with Gasteiger partial charge < -0.3 is 15.4 Å². The molecular weight excluding hydrogens is 276 g/mol. The third-order valence-corrected chi connectivity index (χ3v) is 3.34. The summed E-state index contributed by atoms with van der Waals surface area (Å²) in [6.45, 7) is 6.56. The molecule has 6 nitrogen and oxygen atoms in total. The van der Waals surface area contributed by atoms with Crippen LogP contribution in [0.15, 0.2) is 6.07 Å². The predicted octanol–water partition coefficient (Wildman–Crippen LogP) is 1.63. The van der Waals surface area contributed by atoms with Crippen LogP contribution in [0.3, 0.4) is 0 Å². The molecule has 0 bridgehead atoms. The van der Waals surface area contributed by atoms with Crippen LogP contribution in [-0.4, -0.2) is 45.9 Å². The molecule has 1 rings (SSSR count). The van der Waals surface area contributed by atoms with Gasteiger partial charge >= 0.3 is 0 Å². The van der Waals surface area contributed by atoms with E-state index in [-0.39, 0.29) is 0 Å². The molecule has 1 unspecified atom stereocenters. The van der Waals surface area contributed by atoms with Gasteiger partial charge in [-0.25, -0.2) is 9.97 Å². The first kappa shape index (κ1) is 16.8. The second kappa shape index (κ2) is 9.66. The van der Waals surface area contributed by atoms with Gasteiger partial charge in [0.1, 0.15) is 18.2 Å². The molecule has 1 aromatic rings. The van der Waals surface area contributed by atoms with E-state index in [0.29, 0.717) is 24.8 Å². The molecule has 0 aromatic carbocycles. The first-order valence-corrected chi connectivity index (χ1v) is 8.61. The van der Waals surface area contributed by atoms with E-state index in [2.05, 4.69) is 20.6 Å². The highest BCUT2D eigenvalue weighted by Crippen LogP contribution is 2.12. The van der Waals surface area contributed by atoms with Gasteiger partial charge in [-0.15, -0.1) is 0 Å². The third-order valence-electron chi connectivity index (χ3n) is 2.48. The molecule has 7 heteroatoms. The quantitative estimate of drug-likeness (QED) is 0.640. The van der Waals surface area contributed by atoms with Gasteiger partial charge in [-0.05, 0) is 20.3 Å². The van der Waals surface area contributed by atoms with Crippen LogP contribution in [0.25, 0.3) is 0 Å². The van der Waals surface area contributed by atoms with Crippen LogP contribution in [0.1, 0.15) is 26.1 Å². The minimum atomic E-state index is -0.745. The second-order valence-corrected chi connectivity index (χ2v) is 5.83. The van der Waals surface area contributed by atoms with Gasteiger partial charge in [0.15, 0.2) is 5.82 Å². The van der Waals surface area contributed by atoms with Crippen LogP contribution >= 0.6 is 0 Å². The minimum absolute atomic E-state index is 0.406. The van der Waals surface area contributed by atoms with E-state index in [1.807, 2.05) is 19.9 Å². The molecule has 0 spiro atoms. The SMILES string of the molecule is CCNc1cc(NCCCS(C)=O)nc(COCC)n1. The van der Waals surface area contributed by atoms with Gasteiger partial charge in [-0.1, -0.05) is 0 Å². The molecular formula is C13H24N4O2S. The fourth-order valence-corrected chi connectivity index (χ4v) is 2.16. The Kier molecular flexibility index (Phi) is 8.13. The second-order valence-electron chi connectivity index (χ2n) is 4.28. The van der Waals surface area contributed by atoms with E-state index in [0.717, 1.165) is 31.1 Å². The van der Waals surface area contributed by atoms with Crippen molar-refractivity contribution in [1.82, 2.24) is 9.97 Å². The van der Waals surface area contributed by atoms with Crippen LogP contribution in [0, 0.1) is 0 Å².